The molecule has 1 saturated carbocycles. The number of anilines is 1. The van der Waals surface area contributed by atoms with Gasteiger partial charge in [-0.25, -0.2) is 0 Å². The number of methoxy groups -OCH3 is 1. The lowest BCUT2D eigenvalue weighted by Gasteiger charge is -2.19. The van der Waals surface area contributed by atoms with Gasteiger partial charge in [0.1, 0.15) is 0 Å². The second-order valence-corrected chi connectivity index (χ2v) is 5.55. The number of hydrogen-bond acceptors (Lipinski definition) is 4. The van der Waals surface area contributed by atoms with Gasteiger partial charge in [0.25, 0.3) is 5.91 Å². The Kier molecular flexibility index (Phi) is 6.02. The summed E-state index contributed by atoms with van der Waals surface area (Å²) >= 11 is 0. The van der Waals surface area contributed by atoms with Gasteiger partial charge in [-0.2, -0.15) is 0 Å². The number of nitrogens with two attached hydrogens (primary N) is 1. The average Bonchev–Trinajstić information content (AvgIpc) is 3.29. The van der Waals surface area contributed by atoms with Crippen LogP contribution >= 0.6 is 0 Å². The normalized spacial score (nSPS) is 15.5. The van der Waals surface area contributed by atoms with Crippen molar-refractivity contribution in [1.82, 2.24) is 5.32 Å². The summed E-state index contributed by atoms with van der Waals surface area (Å²) in [5.41, 5.74) is 7.25. The molecule has 1 atom stereocenters. The maximum absolute atomic E-state index is 11.9. The molecule has 1 amide bonds. The van der Waals surface area contributed by atoms with E-state index in [0.29, 0.717) is 24.8 Å². The van der Waals surface area contributed by atoms with Crippen LogP contribution in [-0.2, 0) is 4.74 Å². The van der Waals surface area contributed by atoms with Gasteiger partial charge in [0.15, 0.2) is 0 Å². The van der Waals surface area contributed by atoms with Crippen molar-refractivity contribution in [2.45, 2.75) is 37.8 Å². The monoisotopic (exact) mass is 291 g/mol. The predicted octanol–water partition coefficient (Wildman–Crippen LogP) is 1.74. The zero-order valence-electron chi connectivity index (χ0n) is 12.6. The van der Waals surface area contributed by atoms with Gasteiger partial charge in [-0.05, 0) is 56.5 Å². The number of rotatable bonds is 9. The Morgan fingerprint density at radius 2 is 2.10 bits per heavy atom. The van der Waals surface area contributed by atoms with Crippen LogP contribution in [0.2, 0.25) is 0 Å². The summed E-state index contributed by atoms with van der Waals surface area (Å²) in [6.45, 7) is 1.33. The Morgan fingerprint density at radius 3 is 2.67 bits per heavy atom. The molecule has 1 aliphatic carbocycles. The molecular formula is C16H25N3O2. The largest absolute Gasteiger partial charge is 0.383 e. The van der Waals surface area contributed by atoms with Gasteiger partial charge >= 0.3 is 0 Å². The molecule has 21 heavy (non-hydrogen) atoms. The summed E-state index contributed by atoms with van der Waals surface area (Å²) in [6.07, 6.45) is 4.13. The lowest BCUT2D eigenvalue weighted by molar-refractivity contribution is 0.0951. The van der Waals surface area contributed by atoms with Gasteiger partial charge in [0, 0.05) is 30.4 Å². The Hall–Kier alpha value is -1.59. The number of carbonyl (C=O) groups is 1. The van der Waals surface area contributed by atoms with Crippen LogP contribution in [0.1, 0.15) is 36.0 Å². The first-order valence-electron chi connectivity index (χ1n) is 7.59. The van der Waals surface area contributed by atoms with Gasteiger partial charge < -0.3 is 21.1 Å². The second-order valence-electron chi connectivity index (χ2n) is 5.55. The van der Waals surface area contributed by atoms with Crippen LogP contribution in [0.25, 0.3) is 0 Å². The Morgan fingerprint density at radius 1 is 1.38 bits per heavy atom. The number of carbonyl (C=O) groups excluding carboxylic acids is 1. The van der Waals surface area contributed by atoms with Crippen molar-refractivity contribution in [2.24, 2.45) is 5.73 Å². The van der Waals surface area contributed by atoms with E-state index in [4.69, 9.17) is 10.5 Å². The Balaban J connectivity index is 1.88. The SMILES string of the molecule is COCC(CCCN)Nc1ccc(C(=O)NC2CC2)cc1. The van der Waals surface area contributed by atoms with Crippen molar-refractivity contribution in [3.05, 3.63) is 29.8 Å². The summed E-state index contributed by atoms with van der Waals surface area (Å²) in [4.78, 5) is 11.9. The first-order chi connectivity index (χ1) is 10.2. The van der Waals surface area contributed by atoms with E-state index < -0.39 is 0 Å². The molecule has 1 unspecified atom stereocenters. The van der Waals surface area contributed by atoms with E-state index in [1.54, 1.807) is 7.11 Å². The average molecular weight is 291 g/mol. The van der Waals surface area contributed by atoms with Crippen LogP contribution in [0, 0.1) is 0 Å². The third-order valence-electron chi connectivity index (χ3n) is 3.56. The van der Waals surface area contributed by atoms with E-state index >= 15 is 0 Å². The molecule has 116 valence electrons. The van der Waals surface area contributed by atoms with Crippen molar-refractivity contribution in [2.75, 3.05) is 25.6 Å². The van der Waals surface area contributed by atoms with Crippen LogP contribution < -0.4 is 16.4 Å². The van der Waals surface area contributed by atoms with E-state index in [2.05, 4.69) is 10.6 Å². The summed E-state index contributed by atoms with van der Waals surface area (Å²) < 4.78 is 5.22. The number of ether oxygens (including phenoxy) is 1. The topological polar surface area (TPSA) is 76.4 Å². The van der Waals surface area contributed by atoms with Crippen molar-refractivity contribution in [3.63, 3.8) is 0 Å². The maximum Gasteiger partial charge on any atom is 0.251 e. The minimum absolute atomic E-state index is 0.0145. The van der Waals surface area contributed by atoms with Crippen LogP contribution in [0.4, 0.5) is 5.69 Å². The fourth-order valence-electron chi connectivity index (χ4n) is 2.21. The molecule has 4 N–H and O–H groups in total. The zero-order valence-corrected chi connectivity index (χ0v) is 12.6. The maximum atomic E-state index is 11.9. The van der Waals surface area contributed by atoms with Crippen LogP contribution in [0.15, 0.2) is 24.3 Å². The minimum atomic E-state index is 0.0145. The smallest absolute Gasteiger partial charge is 0.251 e. The molecule has 0 saturated heterocycles. The van der Waals surface area contributed by atoms with E-state index in [9.17, 15) is 4.79 Å². The molecule has 5 nitrogen and oxygen atoms in total. The highest BCUT2D eigenvalue weighted by Crippen LogP contribution is 2.20. The van der Waals surface area contributed by atoms with Crippen LogP contribution in [-0.4, -0.2) is 38.3 Å². The molecule has 0 aliphatic heterocycles. The van der Waals surface area contributed by atoms with Gasteiger partial charge in [-0.3, -0.25) is 4.79 Å². The predicted molar refractivity (Wildman–Crippen MR) is 84.5 cm³/mol. The second kappa shape index (κ2) is 8.00. The quantitative estimate of drug-likeness (QED) is 0.648. The molecule has 5 heteroatoms. The Bertz CT molecular complexity index is 443. The minimum Gasteiger partial charge on any atom is -0.383 e. The first kappa shape index (κ1) is 15.8. The molecule has 0 aromatic heterocycles. The first-order valence-corrected chi connectivity index (χ1v) is 7.59. The van der Waals surface area contributed by atoms with E-state index in [1.807, 2.05) is 24.3 Å². The molecule has 0 bridgehead atoms. The number of nitrogens with one attached hydrogen (secondary N) is 2. The number of hydrogen-bond donors (Lipinski definition) is 3. The number of benzene rings is 1. The fourth-order valence-corrected chi connectivity index (χ4v) is 2.21. The van der Waals surface area contributed by atoms with Gasteiger partial charge in [0.2, 0.25) is 0 Å². The van der Waals surface area contributed by atoms with Gasteiger partial charge in [-0.15, -0.1) is 0 Å². The molecular weight excluding hydrogens is 266 g/mol. The zero-order chi connectivity index (χ0) is 15.1. The molecule has 1 aromatic rings. The Labute approximate surface area is 126 Å². The molecule has 1 aliphatic rings. The summed E-state index contributed by atoms with van der Waals surface area (Å²) in [7, 11) is 1.70. The van der Waals surface area contributed by atoms with E-state index in [1.165, 1.54) is 0 Å². The van der Waals surface area contributed by atoms with Crippen LogP contribution in [0.3, 0.4) is 0 Å². The standard InChI is InChI=1S/C16H25N3O2/c1-21-11-15(3-2-10-17)18-13-6-4-12(5-7-13)16(20)19-14-8-9-14/h4-7,14-15,18H,2-3,8-11,17H2,1H3,(H,19,20). The third kappa shape index (κ3) is 5.36. The molecule has 0 heterocycles. The van der Waals surface area contributed by atoms with Crippen molar-refractivity contribution in [1.29, 1.82) is 0 Å². The summed E-state index contributed by atoms with van der Waals surface area (Å²) in [5.74, 6) is 0.0145. The van der Waals surface area contributed by atoms with Crippen molar-refractivity contribution < 1.29 is 9.53 Å². The number of amides is 1. The highest BCUT2D eigenvalue weighted by molar-refractivity contribution is 5.94. The third-order valence-corrected chi connectivity index (χ3v) is 3.56. The molecule has 1 fully saturated rings. The summed E-state index contributed by atoms with van der Waals surface area (Å²) in [6, 6.07) is 8.21. The van der Waals surface area contributed by atoms with Crippen molar-refractivity contribution in [3.8, 4) is 0 Å². The van der Waals surface area contributed by atoms with Gasteiger partial charge in [0.05, 0.1) is 6.61 Å². The van der Waals surface area contributed by atoms with E-state index in [0.717, 1.165) is 31.4 Å². The van der Waals surface area contributed by atoms with E-state index in [-0.39, 0.29) is 11.9 Å². The highest BCUT2D eigenvalue weighted by atomic mass is 16.5. The van der Waals surface area contributed by atoms with Gasteiger partial charge in [-0.1, -0.05) is 0 Å². The highest BCUT2D eigenvalue weighted by Gasteiger charge is 2.23. The van der Waals surface area contributed by atoms with Crippen molar-refractivity contribution >= 4 is 11.6 Å². The fraction of sp³-hybridized carbons (Fsp3) is 0.562. The lowest BCUT2D eigenvalue weighted by atomic mass is 10.1. The molecule has 1 aromatic carbocycles. The molecule has 0 spiro atoms. The summed E-state index contributed by atoms with van der Waals surface area (Å²) in [5, 5.41) is 6.41. The van der Waals surface area contributed by atoms with Crippen LogP contribution in [0.5, 0.6) is 0 Å². The molecule has 0 radical (unpaired) electrons. The lowest BCUT2D eigenvalue weighted by Crippen LogP contribution is -2.26. The molecule has 2 rings (SSSR count).